The predicted molar refractivity (Wildman–Crippen MR) is 166 cm³/mol. The molecular formula is C34H40N6O4. The number of likely N-dealkylation sites (tertiary alicyclic amines) is 2. The lowest BCUT2D eigenvalue weighted by atomic mass is 9.96. The molecule has 0 bridgehead atoms. The van der Waals surface area contributed by atoms with Gasteiger partial charge in [-0.3, -0.25) is 24.2 Å². The summed E-state index contributed by atoms with van der Waals surface area (Å²) in [6.07, 6.45) is 4.38. The molecule has 3 heterocycles. The molecule has 2 fully saturated rings. The molecule has 4 amide bonds. The van der Waals surface area contributed by atoms with Crippen molar-refractivity contribution in [1.82, 2.24) is 25.4 Å². The number of hydrogen-bond donors (Lipinski definition) is 3. The maximum Gasteiger partial charge on any atom is 0.246 e. The van der Waals surface area contributed by atoms with Gasteiger partial charge in [-0.05, 0) is 42.5 Å². The summed E-state index contributed by atoms with van der Waals surface area (Å²) in [5.41, 5.74) is 8.71. The maximum atomic E-state index is 14.5. The minimum absolute atomic E-state index is 0.0124. The van der Waals surface area contributed by atoms with E-state index in [4.69, 9.17) is 5.73 Å². The molecule has 0 spiro atoms. The molecule has 1 aromatic heterocycles. The Balaban J connectivity index is 1.47. The molecule has 0 radical (unpaired) electrons. The Kier molecular flexibility index (Phi) is 9.69. The third-order valence-electron chi connectivity index (χ3n) is 8.74. The number of rotatable bonds is 9. The molecule has 2 aromatic carbocycles. The molecule has 2 aliphatic heterocycles. The number of likely N-dealkylation sites (N-methyl/N-ethyl adjacent to an activating group) is 1. The fourth-order valence-corrected chi connectivity index (χ4v) is 6.39. The molecule has 230 valence electrons. The van der Waals surface area contributed by atoms with E-state index in [-0.39, 0.29) is 36.0 Å². The van der Waals surface area contributed by atoms with E-state index in [1.807, 2.05) is 66.7 Å². The molecule has 2 aliphatic rings. The van der Waals surface area contributed by atoms with E-state index in [9.17, 15) is 19.2 Å². The lowest BCUT2D eigenvalue weighted by molar-refractivity contribution is -0.147. The molecule has 0 aliphatic carbocycles. The molecule has 3 aromatic rings. The highest BCUT2D eigenvalue weighted by Crippen LogP contribution is 2.37. The first-order valence-electron chi connectivity index (χ1n) is 15.1. The van der Waals surface area contributed by atoms with Gasteiger partial charge in [0.05, 0.1) is 6.04 Å². The van der Waals surface area contributed by atoms with Crippen LogP contribution in [0.2, 0.25) is 0 Å². The van der Waals surface area contributed by atoms with Gasteiger partial charge in [-0.15, -0.1) is 0 Å². The number of nitrogens with zero attached hydrogens (tertiary/aromatic N) is 3. The fraction of sp³-hybridized carbons (Fsp3) is 0.382. The summed E-state index contributed by atoms with van der Waals surface area (Å²) in [4.78, 5) is 62.1. The van der Waals surface area contributed by atoms with E-state index in [0.29, 0.717) is 25.9 Å². The van der Waals surface area contributed by atoms with E-state index >= 15 is 0 Å². The fourth-order valence-electron chi connectivity index (χ4n) is 6.39. The first-order valence-corrected chi connectivity index (χ1v) is 15.1. The highest BCUT2D eigenvalue weighted by atomic mass is 16.2. The molecule has 4 N–H and O–H groups in total. The van der Waals surface area contributed by atoms with Crippen molar-refractivity contribution >= 4 is 23.6 Å². The van der Waals surface area contributed by atoms with Gasteiger partial charge in [0, 0.05) is 50.8 Å². The number of carbonyl (C=O) groups excluding carboxylic acids is 4. The molecule has 10 heteroatoms. The van der Waals surface area contributed by atoms with Crippen LogP contribution in [0.1, 0.15) is 48.3 Å². The summed E-state index contributed by atoms with van der Waals surface area (Å²) in [7, 11) is 1.57. The second-order valence-corrected chi connectivity index (χ2v) is 11.7. The third kappa shape index (κ3) is 6.81. The predicted octanol–water partition coefficient (Wildman–Crippen LogP) is 1.97. The van der Waals surface area contributed by atoms with Crippen molar-refractivity contribution in [3.05, 3.63) is 102 Å². The van der Waals surface area contributed by atoms with Gasteiger partial charge in [-0.25, -0.2) is 0 Å². The van der Waals surface area contributed by atoms with Crippen molar-refractivity contribution < 1.29 is 19.2 Å². The zero-order valence-electron chi connectivity index (χ0n) is 25.1. The van der Waals surface area contributed by atoms with Gasteiger partial charge < -0.3 is 26.2 Å². The number of amides is 4. The number of aromatic nitrogens is 1. The molecule has 0 saturated carbocycles. The highest BCUT2D eigenvalue weighted by molar-refractivity contribution is 5.96. The number of nitrogens with two attached hydrogens (primary N) is 1. The minimum atomic E-state index is -0.951. The van der Waals surface area contributed by atoms with E-state index in [0.717, 1.165) is 16.7 Å². The second-order valence-electron chi connectivity index (χ2n) is 11.7. The van der Waals surface area contributed by atoms with Gasteiger partial charge in [0.2, 0.25) is 23.6 Å². The van der Waals surface area contributed by atoms with Crippen LogP contribution in [0, 0.1) is 0 Å². The number of pyridine rings is 1. The summed E-state index contributed by atoms with van der Waals surface area (Å²) in [6, 6.07) is 20.1. The topological polar surface area (TPSA) is 138 Å². The normalized spacial score (nSPS) is 22.7. The minimum Gasteiger partial charge on any atom is -0.357 e. The lowest BCUT2D eigenvalue weighted by Crippen LogP contribution is -2.57. The van der Waals surface area contributed by atoms with Crippen LogP contribution < -0.4 is 16.4 Å². The van der Waals surface area contributed by atoms with Crippen molar-refractivity contribution in [2.75, 3.05) is 20.1 Å². The van der Waals surface area contributed by atoms with Crippen molar-refractivity contribution in [3.63, 3.8) is 0 Å². The van der Waals surface area contributed by atoms with Gasteiger partial charge in [0.25, 0.3) is 0 Å². The van der Waals surface area contributed by atoms with Crippen molar-refractivity contribution in [2.24, 2.45) is 5.73 Å². The Morgan fingerprint density at radius 1 is 0.864 bits per heavy atom. The Hall–Kier alpha value is -4.57. The van der Waals surface area contributed by atoms with Gasteiger partial charge in [0.15, 0.2) is 0 Å². The largest absolute Gasteiger partial charge is 0.357 e. The van der Waals surface area contributed by atoms with E-state index < -0.39 is 30.1 Å². The molecular weight excluding hydrogens is 556 g/mol. The van der Waals surface area contributed by atoms with Crippen molar-refractivity contribution in [2.45, 2.75) is 62.2 Å². The van der Waals surface area contributed by atoms with Crippen LogP contribution in [0.25, 0.3) is 0 Å². The molecule has 10 nitrogen and oxygen atoms in total. The van der Waals surface area contributed by atoms with E-state index in [1.165, 1.54) is 0 Å². The van der Waals surface area contributed by atoms with Crippen LogP contribution in [0.5, 0.6) is 0 Å². The van der Waals surface area contributed by atoms with Crippen LogP contribution in [0.3, 0.4) is 0 Å². The van der Waals surface area contributed by atoms with E-state index in [2.05, 4.69) is 15.6 Å². The smallest absolute Gasteiger partial charge is 0.246 e. The van der Waals surface area contributed by atoms with Crippen molar-refractivity contribution in [1.29, 1.82) is 0 Å². The maximum absolute atomic E-state index is 14.5. The first kappa shape index (κ1) is 30.9. The number of benzene rings is 2. The van der Waals surface area contributed by atoms with Gasteiger partial charge in [-0.1, -0.05) is 66.7 Å². The standard InChI is InChI=1S/C34H40N6O4/c1-22(35)31(41)38-28(16-23-10-9-15-37-19-23)33(43)40-21-27(25-13-7-4-8-14-25)18-30(40)34(44)39-20-26(17-29(39)32(42)36-2)24-11-5-3-6-12-24/h3-15,19,22,26-30H,16-18,20-21,35H2,1-2H3,(H,36,42)(H,38,41)/t22-,26?,27-,28-,29?,30-/m0/s1. The van der Waals surface area contributed by atoms with Gasteiger partial charge in [-0.2, -0.15) is 0 Å². The molecule has 6 atom stereocenters. The van der Waals surface area contributed by atoms with Gasteiger partial charge >= 0.3 is 0 Å². The number of nitrogens with one attached hydrogen (secondary N) is 2. The summed E-state index contributed by atoms with van der Waals surface area (Å²) in [5.74, 6) is -1.42. The summed E-state index contributed by atoms with van der Waals surface area (Å²) in [5, 5.41) is 5.54. The SMILES string of the molecule is CNC(=O)C1CC(c2ccccc2)CN1C(=O)[C@@H]1C[C@H](c2ccccc2)CN1C(=O)[C@H](Cc1cccnc1)NC(=O)[C@H](C)N. The Morgan fingerprint density at radius 3 is 2.00 bits per heavy atom. The number of hydrogen-bond acceptors (Lipinski definition) is 6. The first-order chi connectivity index (χ1) is 21.3. The molecule has 2 saturated heterocycles. The summed E-state index contributed by atoms with van der Waals surface area (Å²) < 4.78 is 0. The quantitative estimate of drug-likeness (QED) is 0.346. The van der Waals surface area contributed by atoms with Gasteiger partial charge in [0.1, 0.15) is 18.1 Å². The lowest BCUT2D eigenvalue weighted by Gasteiger charge is -2.33. The number of carbonyl (C=O) groups is 4. The zero-order valence-corrected chi connectivity index (χ0v) is 25.1. The Bertz CT molecular complexity index is 1450. The van der Waals surface area contributed by atoms with Crippen LogP contribution >= 0.6 is 0 Å². The molecule has 2 unspecified atom stereocenters. The third-order valence-corrected chi connectivity index (χ3v) is 8.74. The Labute approximate surface area is 258 Å². The highest BCUT2D eigenvalue weighted by Gasteiger charge is 2.48. The van der Waals surface area contributed by atoms with Crippen molar-refractivity contribution in [3.8, 4) is 0 Å². The van der Waals surface area contributed by atoms with Crippen LogP contribution in [-0.2, 0) is 25.6 Å². The average molecular weight is 597 g/mol. The Morgan fingerprint density at radius 2 is 1.45 bits per heavy atom. The molecule has 44 heavy (non-hydrogen) atoms. The second kappa shape index (κ2) is 13.8. The zero-order chi connectivity index (χ0) is 31.2. The van der Waals surface area contributed by atoms with Crippen LogP contribution in [0.4, 0.5) is 0 Å². The average Bonchev–Trinajstić information content (AvgIpc) is 3.71. The summed E-state index contributed by atoms with van der Waals surface area (Å²) in [6.45, 7) is 2.23. The molecule has 5 rings (SSSR count). The van der Waals surface area contributed by atoms with E-state index in [1.54, 1.807) is 42.2 Å². The monoisotopic (exact) mass is 596 g/mol. The van der Waals surface area contributed by atoms with Crippen LogP contribution in [-0.4, -0.2) is 82.7 Å². The van der Waals surface area contributed by atoms with Crippen LogP contribution in [0.15, 0.2) is 85.2 Å². The summed E-state index contributed by atoms with van der Waals surface area (Å²) >= 11 is 0.